The number of nitrogens with zero attached hydrogens (tertiary/aromatic N) is 4. The summed E-state index contributed by atoms with van der Waals surface area (Å²) >= 11 is 0. The van der Waals surface area contributed by atoms with Crippen LogP contribution in [0.1, 0.15) is 24.0 Å². The lowest BCUT2D eigenvalue weighted by Crippen LogP contribution is -2.37. The highest BCUT2D eigenvalue weighted by molar-refractivity contribution is 5.60. The van der Waals surface area contributed by atoms with Crippen molar-refractivity contribution in [3.63, 3.8) is 0 Å². The maximum atomic E-state index is 13.1. The van der Waals surface area contributed by atoms with E-state index in [9.17, 15) is 26.3 Å². The van der Waals surface area contributed by atoms with Gasteiger partial charge in [-0.3, -0.25) is 0 Å². The van der Waals surface area contributed by atoms with Gasteiger partial charge in [-0.1, -0.05) is 12.1 Å². The number of hydrogen-bond donors (Lipinski definition) is 3. The van der Waals surface area contributed by atoms with Gasteiger partial charge >= 0.3 is 12.4 Å². The molecule has 0 radical (unpaired) electrons. The molecule has 1 saturated heterocycles. The van der Waals surface area contributed by atoms with Crippen LogP contribution in [0.15, 0.2) is 48.5 Å². The van der Waals surface area contributed by atoms with Gasteiger partial charge in [-0.2, -0.15) is 41.3 Å². The molecule has 36 heavy (non-hydrogen) atoms. The fourth-order valence-corrected chi connectivity index (χ4v) is 3.69. The second-order valence-corrected chi connectivity index (χ2v) is 8.44. The highest BCUT2D eigenvalue weighted by Gasteiger charge is 2.31. The third-order valence-corrected chi connectivity index (χ3v) is 5.58. The molecular formula is C23H23F6N7. The van der Waals surface area contributed by atoms with Gasteiger partial charge in [-0.25, -0.2) is 0 Å². The molecule has 0 aliphatic carbocycles. The molecule has 4 rings (SSSR count). The maximum absolute atomic E-state index is 13.1. The first kappa shape index (κ1) is 25.5. The zero-order chi connectivity index (χ0) is 25.9. The summed E-state index contributed by atoms with van der Waals surface area (Å²) in [5.74, 6) is -0.00744. The normalized spacial score (nSPS) is 15.5. The summed E-state index contributed by atoms with van der Waals surface area (Å²) in [4.78, 5) is 14.9. The minimum absolute atomic E-state index is 0.0476. The lowest BCUT2D eigenvalue weighted by molar-refractivity contribution is -0.138. The van der Waals surface area contributed by atoms with E-state index in [1.54, 1.807) is 0 Å². The number of benzene rings is 2. The fraction of sp³-hybridized carbons (Fsp3) is 0.348. The lowest BCUT2D eigenvalue weighted by atomic mass is 10.1. The van der Waals surface area contributed by atoms with E-state index in [4.69, 9.17) is 0 Å². The number of aromatic nitrogens is 3. The maximum Gasteiger partial charge on any atom is 0.416 e. The van der Waals surface area contributed by atoms with E-state index in [2.05, 4.69) is 35.8 Å². The molecule has 0 amide bonds. The van der Waals surface area contributed by atoms with Gasteiger partial charge in [0.15, 0.2) is 0 Å². The lowest BCUT2D eigenvalue weighted by Gasteiger charge is -2.29. The molecule has 1 aliphatic rings. The topological polar surface area (TPSA) is 78.0 Å². The zero-order valence-electron chi connectivity index (χ0n) is 19.1. The molecule has 0 bridgehead atoms. The standard InChI is InChI=1S/C23H23F6N7/c1-36-10-8-16(9-11-36)30-19-33-20(31-17-6-2-4-14(12-17)22(24,25)26)35-21(34-19)32-18-7-3-5-15(13-18)23(27,28)29/h2-7,12-13,16H,8-11H2,1H3,(H3,30,31,32,33,34,35). The molecule has 1 aromatic heterocycles. The Balaban J connectivity index is 1.62. The van der Waals surface area contributed by atoms with Crippen LogP contribution >= 0.6 is 0 Å². The summed E-state index contributed by atoms with van der Waals surface area (Å²) in [7, 11) is 2.01. The van der Waals surface area contributed by atoms with E-state index in [1.807, 2.05) is 7.05 Å². The van der Waals surface area contributed by atoms with Crippen LogP contribution in [0.25, 0.3) is 0 Å². The molecule has 1 fully saturated rings. The van der Waals surface area contributed by atoms with Crippen molar-refractivity contribution in [3.8, 4) is 0 Å². The SMILES string of the molecule is CN1CCC(Nc2nc(Nc3cccc(C(F)(F)F)c3)nc(Nc3cccc(C(F)(F)F)c3)n2)CC1. The summed E-state index contributed by atoms with van der Waals surface area (Å²) in [6.07, 6.45) is -7.44. The number of alkyl halides is 6. The van der Waals surface area contributed by atoms with Crippen LogP contribution in [-0.2, 0) is 12.4 Å². The smallest absolute Gasteiger partial charge is 0.351 e. The van der Waals surface area contributed by atoms with Crippen LogP contribution in [0.2, 0.25) is 0 Å². The summed E-state index contributed by atoms with van der Waals surface area (Å²) < 4.78 is 78.7. The van der Waals surface area contributed by atoms with Crippen molar-refractivity contribution in [1.29, 1.82) is 0 Å². The summed E-state index contributed by atoms with van der Waals surface area (Å²) in [6.45, 7) is 1.71. The molecule has 3 aromatic rings. The Bertz CT molecular complexity index is 1110. The van der Waals surface area contributed by atoms with Crippen molar-refractivity contribution in [2.75, 3.05) is 36.1 Å². The first-order chi connectivity index (χ1) is 17.0. The highest BCUT2D eigenvalue weighted by Crippen LogP contribution is 2.32. The van der Waals surface area contributed by atoms with E-state index in [0.29, 0.717) is 0 Å². The second kappa shape index (κ2) is 10.2. The van der Waals surface area contributed by atoms with E-state index in [1.165, 1.54) is 24.3 Å². The van der Waals surface area contributed by atoms with Gasteiger partial charge in [0.1, 0.15) is 0 Å². The van der Waals surface area contributed by atoms with Gasteiger partial charge in [0.25, 0.3) is 0 Å². The predicted octanol–water partition coefficient (Wildman–Crippen LogP) is 5.90. The van der Waals surface area contributed by atoms with Crippen LogP contribution in [0, 0.1) is 0 Å². The minimum atomic E-state index is -4.53. The predicted molar refractivity (Wildman–Crippen MR) is 123 cm³/mol. The van der Waals surface area contributed by atoms with Crippen molar-refractivity contribution in [2.45, 2.75) is 31.2 Å². The van der Waals surface area contributed by atoms with E-state index < -0.39 is 23.5 Å². The Hall–Kier alpha value is -3.61. The van der Waals surface area contributed by atoms with Crippen molar-refractivity contribution in [2.24, 2.45) is 0 Å². The number of hydrogen-bond acceptors (Lipinski definition) is 7. The Kier molecular flexibility index (Phi) is 7.20. The summed E-state index contributed by atoms with van der Waals surface area (Å²) in [5, 5.41) is 8.66. The van der Waals surface area contributed by atoms with Crippen molar-refractivity contribution in [1.82, 2.24) is 19.9 Å². The molecule has 3 N–H and O–H groups in total. The number of halogens is 6. The van der Waals surface area contributed by atoms with Gasteiger partial charge in [-0.15, -0.1) is 0 Å². The van der Waals surface area contributed by atoms with Crippen LogP contribution in [0.4, 0.5) is 55.6 Å². The first-order valence-electron chi connectivity index (χ1n) is 11.1. The number of anilines is 5. The average Bonchev–Trinajstić information content (AvgIpc) is 2.80. The average molecular weight is 511 g/mol. The van der Waals surface area contributed by atoms with Crippen molar-refractivity contribution >= 4 is 29.2 Å². The molecule has 0 spiro atoms. The van der Waals surface area contributed by atoms with Crippen LogP contribution < -0.4 is 16.0 Å². The van der Waals surface area contributed by atoms with Gasteiger partial charge in [0.2, 0.25) is 17.8 Å². The largest absolute Gasteiger partial charge is 0.416 e. The van der Waals surface area contributed by atoms with Crippen LogP contribution in [-0.4, -0.2) is 46.0 Å². The molecule has 2 aromatic carbocycles. The monoisotopic (exact) mass is 511 g/mol. The van der Waals surface area contributed by atoms with E-state index >= 15 is 0 Å². The second-order valence-electron chi connectivity index (χ2n) is 8.44. The molecule has 7 nitrogen and oxygen atoms in total. The molecule has 192 valence electrons. The quantitative estimate of drug-likeness (QED) is 0.356. The van der Waals surface area contributed by atoms with Gasteiger partial charge in [0, 0.05) is 17.4 Å². The van der Waals surface area contributed by atoms with Crippen LogP contribution in [0.5, 0.6) is 0 Å². The number of likely N-dealkylation sites (tertiary alicyclic amines) is 1. The molecular weight excluding hydrogens is 488 g/mol. The molecule has 13 heteroatoms. The van der Waals surface area contributed by atoms with Crippen LogP contribution in [0.3, 0.4) is 0 Å². The third kappa shape index (κ3) is 6.74. The van der Waals surface area contributed by atoms with E-state index in [-0.39, 0.29) is 35.3 Å². The van der Waals surface area contributed by atoms with Gasteiger partial charge < -0.3 is 20.9 Å². The summed E-state index contributed by atoms with van der Waals surface area (Å²) in [6, 6.07) is 9.07. The Labute approximate surface area is 203 Å². The Morgan fingerprint density at radius 2 is 1.17 bits per heavy atom. The number of rotatable bonds is 6. The number of nitrogens with one attached hydrogen (secondary N) is 3. The van der Waals surface area contributed by atoms with Gasteiger partial charge in [-0.05, 0) is 69.4 Å². The molecule has 0 unspecified atom stereocenters. The zero-order valence-corrected chi connectivity index (χ0v) is 19.1. The minimum Gasteiger partial charge on any atom is -0.351 e. The molecule has 2 heterocycles. The Morgan fingerprint density at radius 1 is 0.722 bits per heavy atom. The number of piperidine rings is 1. The molecule has 0 atom stereocenters. The first-order valence-corrected chi connectivity index (χ1v) is 11.1. The summed E-state index contributed by atoms with van der Waals surface area (Å²) in [5.41, 5.74) is -1.53. The third-order valence-electron chi connectivity index (χ3n) is 5.58. The highest BCUT2D eigenvalue weighted by atomic mass is 19.4. The molecule has 1 aliphatic heterocycles. The fourth-order valence-electron chi connectivity index (χ4n) is 3.69. The Morgan fingerprint density at radius 3 is 1.61 bits per heavy atom. The van der Waals surface area contributed by atoms with Crippen molar-refractivity contribution in [3.05, 3.63) is 59.7 Å². The van der Waals surface area contributed by atoms with Gasteiger partial charge in [0.05, 0.1) is 11.1 Å². The van der Waals surface area contributed by atoms with E-state index in [0.717, 1.165) is 50.2 Å². The molecule has 0 saturated carbocycles. The van der Waals surface area contributed by atoms with Crippen molar-refractivity contribution < 1.29 is 26.3 Å².